The van der Waals surface area contributed by atoms with Gasteiger partial charge in [0.15, 0.2) is 0 Å². The molecule has 1 aromatic rings. The van der Waals surface area contributed by atoms with Gasteiger partial charge in [0.25, 0.3) is 0 Å². The Hall–Kier alpha value is -1.58. The maximum atomic E-state index is 10.0. The Kier molecular flexibility index (Phi) is 12.4. The third-order valence-electron chi connectivity index (χ3n) is 9.32. The first kappa shape index (κ1) is 31.0. The molecule has 38 heavy (non-hydrogen) atoms. The van der Waals surface area contributed by atoms with Gasteiger partial charge in [0, 0.05) is 5.41 Å². The summed E-state index contributed by atoms with van der Waals surface area (Å²) in [6, 6.07) is 6.11. The topological polar surface area (TPSA) is 40.5 Å². The van der Waals surface area contributed by atoms with E-state index in [1.165, 1.54) is 92.9 Å². The fourth-order valence-corrected chi connectivity index (χ4v) is 7.29. The second-order valence-corrected chi connectivity index (χ2v) is 12.6. The second-order valence-electron chi connectivity index (χ2n) is 12.6. The fraction of sp³-hybridized carbons (Fsp3) is 0.657. The molecular formula is C35H55BO2. The van der Waals surface area contributed by atoms with Crippen LogP contribution in [0.25, 0.3) is 0 Å². The summed E-state index contributed by atoms with van der Waals surface area (Å²) in [4.78, 5) is 0. The van der Waals surface area contributed by atoms with Crippen LogP contribution in [-0.4, -0.2) is 17.2 Å². The highest BCUT2D eigenvalue weighted by Crippen LogP contribution is 2.53. The Morgan fingerprint density at radius 1 is 1.03 bits per heavy atom. The Morgan fingerprint density at radius 2 is 1.71 bits per heavy atom. The van der Waals surface area contributed by atoms with Crippen molar-refractivity contribution < 1.29 is 10.0 Å². The van der Waals surface area contributed by atoms with Gasteiger partial charge in [0.2, 0.25) is 0 Å². The van der Waals surface area contributed by atoms with Crippen molar-refractivity contribution >= 4 is 12.6 Å². The number of hydrogen-bond donors (Lipinski definition) is 2. The van der Waals surface area contributed by atoms with Crippen LogP contribution in [0.3, 0.4) is 0 Å². The minimum absolute atomic E-state index is 0.151. The molecular weight excluding hydrogens is 463 g/mol. The first-order valence-corrected chi connectivity index (χ1v) is 15.9. The molecule has 0 aromatic heterocycles. The molecule has 3 heteroatoms. The molecule has 3 unspecified atom stereocenters. The predicted molar refractivity (Wildman–Crippen MR) is 166 cm³/mol. The number of benzene rings is 1. The van der Waals surface area contributed by atoms with Crippen molar-refractivity contribution in [2.75, 3.05) is 0 Å². The first-order valence-electron chi connectivity index (χ1n) is 15.9. The third-order valence-corrected chi connectivity index (χ3v) is 9.32. The van der Waals surface area contributed by atoms with Crippen molar-refractivity contribution in [2.24, 2.45) is 17.8 Å². The van der Waals surface area contributed by atoms with E-state index in [2.05, 4.69) is 58.1 Å². The number of hydrogen-bond acceptors (Lipinski definition) is 2. The maximum Gasteiger partial charge on any atom is 0.488 e. The van der Waals surface area contributed by atoms with Crippen LogP contribution < -0.4 is 5.46 Å². The molecule has 3 rings (SSSR count). The molecule has 210 valence electrons. The van der Waals surface area contributed by atoms with Crippen molar-refractivity contribution in [1.29, 1.82) is 0 Å². The average Bonchev–Trinajstić information content (AvgIpc) is 2.89. The van der Waals surface area contributed by atoms with Crippen molar-refractivity contribution in [3.05, 3.63) is 65.3 Å². The summed E-state index contributed by atoms with van der Waals surface area (Å²) in [5.41, 5.74) is 5.95. The molecule has 2 nitrogen and oxygen atoms in total. The van der Waals surface area contributed by atoms with E-state index in [1.807, 2.05) is 6.07 Å². The highest BCUT2D eigenvalue weighted by atomic mass is 16.4. The van der Waals surface area contributed by atoms with Gasteiger partial charge in [0.05, 0.1) is 0 Å². The fourth-order valence-electron chi connectivity index (χ4n) is 7.29. The molecule has 0 bridgehead atoms. The van der Waals surface area contributed by atoms with Gasteiger partial charge in [-0.2, -0.15) is 0 Å². The summed E-state index contributed by atoms with van der Waals surface area (Å²) in [5.74, 6) is 1.52. The van der Waals surface area contributed by atoms with Gasteiger partial charge < -0.3 is 10.0 Å². The summed E-state index contributed by atoms with van der Waals surface area (Å²) >= 11 is 0. The zero-order valence-electron chi connectivity index (χ0n) is 25.0. The van der Waals surface area contributed by atoms with E-state index in [9.17, 15) is 10.0 Å². The number of unbranched alkanes of at least 4 members (excludes halogenated alkanes) is 8. The predicted octanol–water partition coefficient (Wildman–Crippen LogP) is 8.60. The van der Waals surface area contributed by atoms with Crippen molar-refractivity contribution in [3.63, 3.8) is 0 Å². The first-order chi connectivity index (χ1) is 18.3. The Labute approximate surface area is 234 Å². The molecule has 0 aliphatic heterocycles. The van der Waals surface area contributed by atoms with E-state index in [0.717, 1.165) is 25.7 Å². The summed E-state index contributed by atoms with van der Waals surface area (Å²) in [5, 5.41) is 20.0. The molecule has 4 atom stereocenters. The van der Waals surface area contributed by atoms with Crippen molar-refractivity contribution in [3.8, 4) is 0 Å². The van der Waals surface area contributed by atoms with Gasteiger partial charge in [-0.1, -0.05) is 146 Å². The van der Waals surface area contributed by atoms with Gasteiger partial charge in [-0.15, -0.1) is 0 Å². The zero-order valence-corrected chi connectivity index (χ0v) is 25.0. The van der Waals surface area contributed by atoms with Crippen LogP contribution in [0.4, 0.5) is 0 Å². The molecule has 2 aliphatic rings. The van der Waals surface area contributed by atoms with Crippen LogP contribution in [0.2, 0.25) is 0 Å². The Balaban J connectivity index is 1.81. The van der Waals surface area contributed by atoms with E-state index in [1.54, 1.807) is 0 Å². The summed E-state index contributed by atoms with van der Waals surface area (Å²) < 4.78 is 0. The average molecular weight is 519 g/mol. The van der Waals surface area contributed by atoms with Crippen molar-refractivity contribution in [1.82, 2.24) is 0 Å². The molecule has 2 aliphatic carbocycles. The Bertz CT molecular complexity index is 945. The molecule has 0 fully saturated rings. The minimum atomic E-state index is -1.44. The van der Waals surface area contributed by atoms with Crippen LogP contribution in [0, 0.1) is 17.8 Å². The van der Waals surface area contributed by atoms with Crippen LogP contribution in [0.1, 0.15) is 129 Å². The summed E-state index contributed by atoms with van der Waals surface area (Å²) in [6.45, 7) is 14.1. The van der Waals surface area contributed by atoms with Crippen LogP contribution in [0.5, 0.6) is 0 Å². The van der Waals surface area contributed by atoms with Crippen LogP contribution in [-0.2, 0) is 11.8 Å². The monoisotopic (exact) mass is 518 g/mol. The lowest BCUT2D eigenvalue weighted by Gasteiger charge is -2.49. The lowest BCUT2D eigenvalue weighted by Crippen LogP contribution is -2.45. The van der Waals surface area contributed by atoms with Gasteiger partial charge in [-0.3, -0.25) is 0 Å². The third kappa shape index (κ3) is 7.98. The standard InChI is InChI=1S/C35H55BO2/c1-6-8-10-12-13-15-17-30-20-22-35(23-21-30)33-26-32(36(37)38)19-18-31(33)25-29(5)34(35)28(4)24-27(3)16-14-11-9-7-2/h18-22,26-27,29,34,37-38H,4,6-17,23-25H2,1-3,5H3/t27-,29?,34?,35?/m0/s1. The normalized spacial score (nSPS) is 23.3. The van der Waals surface area contributed by atoms with Crippen LogP contribution >= 0.6 is 0 Å². The molecule has 0 saturated heterocycles. The van der Waals surface area contributed by atoms with E-state index < -0.39 is 7.12 Å². The molecule has 1 spiro atoms. The van der Waals surface area contributed by atoms with E-state index in [0.29, 0.717) is 23.2 Å². The molecule has 0 amide bonds. The quantitative estimate of drug-likeness (QED) is 0.131. The van der Waals surface area contributed by atoms with Gasteiger partial charge in [0.1, 0.15) is 0 Å². The smallest absolute Gasteiger partial charge is 0.423 e. The zero-order chi connectivity index (χ0) is 27.5. The highest BCUT2D eigenvalue weighted by Gasteiger charge is 2.47. The lowest BCUT2D eigenvalue weighted by atomic mass is 9.53. The van der Waals surface area contributed by atoms with Crippen LogP contribution in [0.15, 0.2) is 54.2 Å². The lowest BCUT2D eigenvalue weighted by molar-refractivity contribution is 0.241. The highest BCUT2D eigenvalue weighted by molar-refractivity contribution is 6.58. The molecule has 1 aromatic carbocycles. The maximum absolute atomic E-state index is 10.0. The second kappa shape index (κ2) is 15.3. The van der Waals surface area contributed by atoms with E-state index >= 15 is 0 Å². The summed E-state index contributed by atoms with van der Waals surface area (Å²) in [7, 11) is -1.44. The van der Waals surface area contributed by atoms with E-state index in [4.69, 9.17) is 6.58 Å². The van der Waals surface area contributed by atoms with Gasteiger partial charge >= 0.3 is 7.12 Å². The number of fused-ring (bicyclic) bond motifs is 2. The largest absolute Gasteiger partial charge is 0.488 e. The Morgan fingerprint density at radius 3 is 2.37 bits per heavy atom. The van der Waals surface area contributed by atoms with Gasteiger partial charge in [-0.05, 0) is 66.4 Å². The minimum Gasteiger partial charge on any atom is -0.423 e. The SMILES string of the molecule is C=C(C[C@@H](C)CCCCCC)C1C(C)Cc2ccc(B(O)O)cc2C12C=CC(CCCCCCCC)=CC2. The van der Waals surface area contributed by atoms with Gasteiger partial charge in [-0.25, -0.2) is 0 Å². The molecule has 0 heterocycles. The molecule has 2 N–H and O–H groups in total. The number of allylic oxidation sites excluding steroid dienone is 5. The number of rotatable bonds is 16. The van der Waals surface area contributed by atoms with Crippen molar-refractivity contribution in [2.45, 2.75) is 129 Å². The summed E-state index contributed by atoms with van der Waals surface area (Å²) in [6.07, 6.45) is 26.2. The van der Waals surface area contributed by atoms with E-state index in [-0.39, 0.29) is 5.41 Å². The molecule has 0 radical (unpaired) electrons. The molecule has 0 saturated carbocycles.